The van der Waals surface area contributed by atoms with Crippen molar-refractivity contribution >= 4 is 87.3 Å². The largest absolute Gasteiger partial charge is 0.309 e. The van der Waals surface area contributed by atoms with Gasteiger partial charge < -0.3 is 9.13 Å². The minimum Gasteiger partial charge on any atom is -0.309 e. The third kappa shape index (κ3) is 6.60. The van der Waals surface area contributed by atoms with Crippen molar-refractivity contribution < 1.29 is 0 Å². The van der Waals surface area contributed by atoms with Gasteiger partial charge in [0.15, 0.2) is 0 Å². The predicted molar refractivity (Wildman–Crippen MR) is 246 cm³/mol. The van der Waals surface area contributed by atoms with Crippen LogP contribution in [0.15, 0.2) is 194 Å². The third-order valence-electron chi connectivity index (χ3n) is 10.6. The van der Waals surface area contributed by atoms with Crippen LogP contribution >= 0.6 is 0 Å². The fourth-order valence-corrected chi connectivity index (χ4v) is 7.73. The molecular weight excluding hydrogens is 669 g/mol. The zero-order valence-electron chi connectivity index (χ0n) is 30.8. The first-order chi connectivity index (χ1) is 27.4. The number of benzene rings is 8. The first-order valence-electron chi connectivity index (χ1n) is 18.9. The van der Waals surface area contributed by atoms with Gasteiger partial charge in [-0.1, -0.05) is 133 Å². The number of para-hydroxylation sites is 2. The Morgan fingerprint density at radius 2 is 0.571 bits per heavy atom. The summed E-state index contributed by atoms with van der Waals surface area (Å²) in [4.78, 5) is 0. The van der Waals surface area contributed by atoms with Gasteiger partial charge in [-0.25, -0.2) is 0 Å². The molecule has 0 amide bonds. The molecule has 2 aromatic heterocycles. The van der Waals surface area contributed by atoms with Crippen molar-refractivity contribution in [3.05, 3.63) is 194 Å². The Labute approximate surface area is 333 Å². The van der Waals surface area contributed by atoms with Gasteiger partial charge in [-0.05, 0) is 94.0 Å². The summed E-state index contributed by atoms with van der Waals surface area (Å²) in [5, 5.41) is 5.03. The van der Waals surface area contributed by atoms with E-state index in [1.807, 2.05) is 0 Å². The Balaban J connectivity index is 0.000000636. The van der Waals surface area contributed by atoms with Crippen LogP contribution in [0, 0.1) is 0 Å². The zero-order valence-corrected chi connectivity index (χ0v) is 30.8. The number of rotatable bonds is 6. The Hall–Kier alpha value is -6.25. The Morgan fingerprint density at radius 1 is 0.268 bits per heavy atom. The molecule has 0 unspecified atom stereocenters. The molecule has 0 N–H and O–H groups in total. The van der Waals surface area contributed by atoms with E-state index >= 15 is 0 Å². The van der Waals surface area contributed by atoms with Crippen LogP contribution in [0.4, 0.5) is 0 Å². The zero-order chi connectivity index (χ0) is 38.2. The SMILES string of the molecule is [B]B([B])B([B])[B].c1ccc(-c2ccc(-n3c4ccccc4c4cc(-c5ccc6c(c5)c5ccccc5n6-c5ccc(-c6ccccc6)cc5)ccc43)cc2)cc1. The van der Waals surface area contributed by atoms with E-state index < -0.39 is 12.8 Å². The summed E-state index contributed by atoms with van der Waals surface area (Å²) in [7, 11) is 19.9. The highest BCUT2D eigenvalue weighted by atomic mass is 15.0. The predicted octanol–water partition coefficient (Wildman–Crippen LogP) is 10.6. The maximum Gasteiger partial charge on any atom is 0.0541 e. The lowest BCUT2D eigenvalue weighted by Gasteiger charge is -2.11. The summed E-state index contributed by atoms with van der Waals surface area (Å²) in [6, 6.07) is 70.4. The highest BCUT2D eigenvalue weighted by Crippen LogP contribution is 2.38. The summed E-state index contributed by atoms with van der Waals surface area (Å²) < 4.78 is 4.78. The summed E-state index contributed by atoms with van der Waals surface area (Å²) in [5.74, 6) is 0. The van der Waals surface area contributed by atoms with Crippen LogP contribution < -0.4 is 0 Å². The van der Waals surface area contributed by atoms with Gasteiger partial charge in [0.25, 0.3) is 0 Å². The number of nitrogens with zero attached hydrogens (tertiary/aromatic N) is 2. The van der Waals surface area contributed by atoms with Gasteiger partial charge in [-0.3, -0.25) is 0 Å². The van der Waals surface area contributed by atoms with Crippen LogP contribution in [0.1, 0.15) is 0 Å². The van der Waals surface area contributed by atoms with Gasteiger partial charge in [0, 0.05) is 76.6 Å². The van der Waals surface area contributed by atoms with Crippen molar-refractivity contribution in [3.63, 3.8) is 0 Å². The van der Waals surface area contributed by atoms with E-state index in [1.54, 1.807) is 0 Å². The summed E-state index contributed by atoms with van der Waals surface area (Å²) in [6.07, 6.45) is -1.19. The van der Waals surface area contributed by atoms with Crippen LogP contribution in [0.25, 0.3) is 88.4 Å². The lowest BCUT2D eigenvalue weighted by atomic mass is 8.81. The normalized spacial score (nSPS) is 11.1. The van der Waals surface area contributed by atoms with Crippen molar-refractivity contribution in [3.8, 4) is 44.8 Å². The highest BCUT2D eigenvalue weighted by Gasteiger charge is 2.16. The average molecular weight is 702 g/mol. The number of hydrogen-bond donors (Lipinski definition) is 0. The molecule has 0 aliphatic rings. The molecule has 8 aromatic carbocycles. The van der Waals surface area contributed by atoms with E-state index in [2.05, 4.69) is 203 Å². The molecule has 2 nitrogen and oxygen atoms in total. The van der Waals surface area contributed by atoms with Gasteiger partial charge in [-0.2, -0.15) is 0 Å². The molecule has 0 saturated heterocycles. The van der Waals surface area contributed by atoms with Crippen molar-refractivity contribution in [2.45, 2.75) is 0 Å². The standard InChI is InChI=1S/C48H32N2.B6/c1-3-11-33(12-4-1)35-19-25-39(26-20-35)49-45-17-9-7-15-41(45)43-31-37(23-29-47(43)49)38-24-30-48-44(32-38)42-16-8-10-18-46(42)50(48)40-27-21-36(22-28-40)34-13-5-2-6-14-34;1-5(2)6(3)4/h1-32H;. The maximum atomic E-state index is 4.96. The van der Waals surface area contributed by atoms with Gasteiger partial charge in [0.05, 0.1) is 22.1 Å². The molecule has 0 fully saturated rings. The molecule has 8 heteroatoms. The van der Waals surface area contributed by atoms with Crippen molar-refractivity contribution in [1.82, 2.24) is 9.13 Å². The highest BCUT2D eigenvalue weighted by molar-refractivity contribution is 7.76. The van der Waals surface area contributed by atoms with Gasteiger partial charge >= 0.3 is 0 Å². The molecule has 0 spiro atoms. The van der Waals surface area contributed by atoms with Gasteiger partial charge in [0.1, 0.15) is 0 Å². The van der Waals surface area contributed by atoms with Crippen molar-refractivity contribution in [2.75, 3.05) is 0 Å². The van der Waals surface area contributed by atoms with E-state index in [9.17, 15) is 0 Å². The first-order valence-corrected chi connectivity index (χ1v) is 18.9. The lowest BCUT2D eigenvalue weighted by molar-refractivity contribution is 1.18. The molecule has 10 rings (SSSR count). The van der Waals surface area contributed by atoms with Gasteiger partial charge in [0.2, 0.25) is 0 Å². The number of fused-ring (bicyclic) bond motifs is 6. The second kappa shape index (κ2) is 15.1. The van der Waals surface area contributed by atoms with E-state index in [4.69, 9.17) is 30.9 Å². The smallest absolute Gasteiger partial charge is 0.0541 e. The molecule has 0 aliphatic heterocycles. The van der Waals surface area contributed by atoms with Crippen LogP contribution in [0.3, 0.4) is 0 Å². The summed E-state index contributed by atoms with van der Waals surface area (Å²) in [6.45, 7) is 0. The van der Waals surface area contributed by atoms with Crippen LogP contribution in [-0.2, 0) is 0 Å². The summed E-state index contributed by atoms with van der Waals surface area (Å²) in [5.41, 5.74) is 14.5. The number of hydrogen-bond acceptors (Lipinski definition) is 0. The minimum atomic E-state index is -0.593. The van der Waals surface area contributed by atoms with Crippen molar-refractivity contribution in [2.24, 2.45) is 0 Å². The minimum absolute atomic E-state index is 0.593. The van der Waals surface area contributed by atoms with E-state index in [0.29, 0.717) is 0 Å². The molecule has 0 bridgehead atoms. The Bertz CT molecular complexity index is 2750. The molecular formula is C48H32B6N2. The Kier molecular flexibility index (Phi) is 9.57. The molecule has 2 heterocycles. The molecule has 0 atom stereocenters. The second-order valence-corrected chi connectivity index (χ2v) is 14.1. The van der Waals surface area contributed by atoms with Crippen LogP contribution in [-0.4, -0.2) is 52.9 Å². The first kappa shape index (κ1) is 35.5. The van der Waals surface area contributed by atoms with E-state index in [1.165, 1.54) is 77.0 Å². The molecule has 0 aliphatic carbocycles. The lowest BCUT2D eigenvalue weighted by Crippen LogP contribution is -2.38. The van der Waals surface area contributed by atoms with Crippen LogP contribution in [0.2, 0.25) is 0 Å². The second-order valence-electron chi connectivity index (χ2n) is 14.1. The molecule has 252 valence electrons. The van der Waals surface area contributed by atoms with Crippen molar-refractivity contribution in [1.29, 1.82) is 0 Å². The van der Waals surface area contributed by atoms with E-state index in [0.717, 1.165) is 11.4 Å². The fraction of sp³-hybridized carbons (Fsp3) is 0. The monoisotopic (exact) mass is 702 g/mol. The molecule has 0 saturated carbocycles. The summed E-state index contributed by atoms with van der Waals surface area (Å²) >= 11 is 0. The fourth-order valence-electron chi connectivity index (χ4n) is 7.73. The number of aromatic nitrogens is 2. The quantitative estimate of drug-likeness (QED) is 0.153. The average Bonchev–Trinajstić information content (AvgIpc) is 3.77. The van der Waals surface area contributed by atoms with E-state index in [-0.39, 0.29) is 0 Å². The van der Waals surface area contributed by atoms with Gasteiger partial charge in [-0.15, -0.1) is 0 Å². The Morgan fingerprint density at radius 3 is 0.946 bits per heavy atom. The molecule has 56 heavy (non-hydrogen) atoms. The topological polar surface area (TPSA) is 9.86 Å². The molecule has 10 aromatic rings. The third-order valence-corrected chi connectivity index (χ3v) is 10.6. The molecule has 8 radical (unpaired) electrons. The van der Waals surface area contributed by atoms with Crippen LogP contribution in [0.5, 0.6) is 0 Å². The maximum absolute atomic E-state index is 4.96.